The van der Waals surface area contributed by atoms with Gasteiger partial charge in [-0.25, -0.2) is 9.78 Å². The molecule has 0 fully saturated rings. The number of fused-ring (bicyclic) bond motifs is 1. The maximum absolute atomic E-state index is 12.9. The molecule has 0 aliphatic heterocycles. The molecule has 12 heteroatoms. The number of nitriles is 1. The molecule has 0 atom stereocenters. The smallest absolute Gasteiger partial charge is 0.346 e. The SMILES string of the molecule is CNCCN(C)C(=O)n1nc(COc2ccc(Cl)c(Oc3cc(Cl)cc(C#N)c3)c2)c2cccnc21.Cl. The molecule has 0 saturated heterocycles. The van der Waals surface area contributed by atoms with E-state index in [-0.39, 0.29) is 25.0 Å². The summed E-state index contributed by atoms with van der Waals surface area (Å²) in [4.78, 5) is 18.8. The number of hydrogen-bond donors (Lipinski definition) is 1. The molecule has 1 N–H and O–H groups in total. The minimum Gasteiger partial charge on any atom is -0.487 e. The minimum absolute atomic E-state index is 0. The summed E-state index contributed by atoms with van der Waals surface area (Å²) < 4.78 is 13.1. The fourth-order valence-corrected chi connectivity index (χ4v) is 3.79. The van der Waals surface area contributed by atoms with Gasteiger partial charge in [-0.15, -0.1) is 12.4 Å². The van der Waals surface area contributed by atoms with E-state index in [1.165, 1.54) is 10.7 Å². The maximum atomic E-state index is 12.9. The van der Waals surface area contributed by atoms with Gasteiger partial charge in [-0.05, 0) is 49.5 Å². The summed E-state index contributed by atoms with van der Waals surface area (Å²) in [5.74, 6) is 1.18. The Morgan fingerprint density at radius 1 is 1.19 bits per heavy atom. The third kappa shape index (κ3) is 6.61. The average Bonchev–Trinajstić information content (AvgIpc) is 3.25. The summed E-state index contributed by atoms with van der Waals surface area (Å²) in [6.07, 6.45) is 1.61. The van der Waals surface area contributed by atoms with Crippen LogP contribution in [0.4, 0.5) is 4.79 Å². The Morgan fingerprint density at radius 2 is 2.00 bits per heavy atom. The second-order valence-electron chi connectivity index (χ2n) is 7.81. The van der Waals surface area contributed by atoms with E-state index in [9.17, 15) is 4.79 Å². The fourth-order valence-electron chi connectivity index (χ4n) is 3.41. The van der Waals surface area contributed by atoms with E-state index >= 15 is 0 Å². The number of amides is 1. The zero-order valence-electron chi connectivity index (χ0n) is 19.9. The Kier molecular flexibility index (Phi) is 9.55. The van der Waals surface area contributed by atoms with E-state index in [0.717, 1.165) is 0 Å². The number of nitrogens with one attached hydrogen (secondary N) is 1. The Hall–Kier alpha value is -3.55. The van der Waals surface area contributed by atoms with Gasteiger partial charge in [0.2, 0.25) is 0 Å². The zero-order valence-corrected chi connectivity index (χ0v) is 22.3. The highest BCUT2D eigenvalue weighted by Crippen LogP contribution is 2.34. The van der Waals surface area contributed by atoms with Crippen molar-refractivity contribution >= 4 is 52.7 Å². The molecule has 2 aromatic carbocycles. The maximum Gasteiger partial charge on any atom is 0.346 e. The van der Waals surface area contributed by atoms with Crippen molar-refractivity contribution in [1.29, 1.82) is 5.26 Å². The highest BCUT2D eigenvalue weighted by Gasteiger charge is 2.20. The molecule has 0 unspecified atom stereocenters. The molecule has 9 nitrogen and oxygen atoms in total. The standard InChI is InChI=1S/C25H22Cl2N6O3.ClH/c1-29-8-9-32(2)25(34)33-24-20(4-3-7-30-24)22(31-33)15-35-18-5-6-21(27)23(13-18)36-19-11-16(14-28)10-17(26)12-19;/h3-7,10-13,29H,8-9,15H2,1-2H3;1H. The van der Waals surface area contributed by atoms with Crippen LogP contribution in [0.15, 0.2) is 54.7 Å². The molecule has 0 saturated carbocycles. The molecule has 0 aliphatic rings. The second kappa shape index (κ2) is 12.6. The number of benzene rings is 2. The molecule has 0 spiro atoms. The molecule has 2 aromatic heterocycles. The van der Waals surface area contributed by atoms with Gasteiger partial charge in [0.1, 0.15) is 29.5 Å². The van der Waals surface area contributed by atoms with Crippen LogP contribution in [-0.4, -0.2) is 52.9 Å². The molecule has 37 heavy (non-hydrogen) atoms. The minimum atomic E-state index is -0.291. The van der Waals surface area contributed by atoms with Crippen molar-refractivity contribution in [1.82, 2.24) is 25.0 Å². The number of rotatable bonds is 8. The van der Waals surface area contributed by atoms with Crippen LogP contribution in [0.5, 0.6) is 17.2 Å². The second-order valence-corrected chi connectivity index (χ2v) is 8.65. The van der Waals surface area contributed by atoms with E-state index in [1.807, 2.05) is 19.2 Å². The third-order valence-corrected chi connectivity index (χ3v) is 5.76. The number of carbonyl (C=O) groups is 1. The van der Waals surface area contributed by atoms with Crippen LogP contribution in [0, 0.1) is 11.3 Å². The first-order valence-electron chi connectivity index (χ1n) is 10.9. The van der Waals surface area contributed by atoms with Gasteiger partial charge >= 0.3 is 6.03 Å². The summed E-state index contributed by atoms with van der Waals surface area (Å²) in [6.45, 7) is 1.25. The first-order chi connectivity index (χ1) is 17.4. The van der Waals surface area contributed by atoms with Gasteiger partial charge in [0.05, 0.1) is 16.7 Å². The van der Waals surface area contributed by atoms with Crippen molar-refractivity contribution in [3.8, 4) is 23.3 Å². The van der Waals surface area contributed by atoms with Gasteiger partial charge in [0.25, 0.3) is 0 Å². The van der Waals surface area contributed by atoms with E-state index in [1.54, 1.807) is 54.5 Å². The van der Waals surface area contributed by atoms with Crippen LogP contribution in [-0.2, 0) is 6.61 Å². The van der Waals surface area contributed by atoms with Gasteiger partial charge in [-0.2, -0.15) is 15.0 Å². The molecule has 0 bridgehead atoms. The van der Waals surface area contributed by atoms with Crippen molar-refractivity contribution < 1.29 is 14.3 Å². The first-order valence-corrected chi connectivity index (χ1v) is 11.7. The molecule has 0 aliphatic carbocycles. The fraction of sp³-hybridized carbons (Fsp3) is 0.200. The van der Waals surface area contributed by atoms with Gasteiger partial charge in [0.15, 0.2) is 5.65 Å². The molecule has 0 radical (unpaired) electrons. The monoisotopic (exact) mass is 560 g/mol. The molecular weight excluding hydrogens is 539 g/mol. The van der Waals surface area contributed by atoms with E-state index in [0.29, 0.717) is 62.7 Å². The molecule has 1 amide bonds. The Labute approximate surface area is 229 Å². The van der Waals surface area contributed by atoms with Crippen LogP contribution in [0.25, 0.3) is 11.0 Å². The number of halogens is 3. The Bertz CT molecular complexity index is 1450. The lowest BCUT2D eigenvalue weighted by Crippen LogP contribution is -2.36. The predicted octanol–water partition coefficient (Wildman–Crippen LogP) is 5.52. The molecule has 4 aromatic rings. The van der Waals surface area contributed by atoms with Crippen molar-refractivity contribution in [2.75, 3.05) is 27.2 Å². The van der Waals surface area contributed by atoms with Crippen LogP contribution < -0.4 is 14.8 Å². The van der Waals surface area contributed by atoms with E-state index in [2.05, 4.69) is 15.4 Å². The van der Waals surface area contributed by atoms with E-state index in [4.69, 9.17) is 37.9 Å². The van der Waals surface area contributed by atoms with Gasteiger partial charge in [0, 0.05) is 42.8 Å². The van der Waals surface area contributed by atoms with Crippen molar-refractivity contribution in [3.05, 3.63) is 76.0 Å². The van der Waals surface area contributed by atoms with Crippen LogP contribution in [0.2, 0.25) is 10.0 Å². The number of hydrogen-bond acceptors (Lipinski definition) is 7. The lowest BCUT2D eigenvalue weighted by Gasteiger charge is -2.16. The van der Waals surface area contributed by atoms with Crippen molar-refractivity contribution in [2.24, 2.45) is 0 Å². The highest BCUT2D eigenvalue weighted by molar-refractivity contribution is 6.32. The summed E-state index contributed by atoms with van der Waals surface area (Å²) in [6, 6.07) is 15.0. The lowest BCUT2D eigenvalue weighted by molar-refractivity contribution is 0.208. The predicted molar refractivity (Wildman–Crippen MR) is 144 cm³/mol. The quantitative estimate of drug-likeness (QED) is 0.302. The summed E-state index contributed by atoms with van der Waals surface area (Å²) in [5.41, 5.74) is 1.37. The Morgan fingerprint density at radius 3 is 2.76 bits per heavy atom. The van der Waals surface area contributed by atoms with Gasteiger partial charge in [-0.1, -0.05) is 23.2 Å². The molecule has 4 rings (SSSR count). The normalized spacial score (nSPS) is 10.5. The average molecular weight is 562 g/mol. The van der Waals surface area contributed by atoms with Gasteiger partial charge in [-0.3, -0.25) is 0 Å². The summed E-state index contributed by atoms with van der Waals surface area (Å²) in [7, 11) is 3.53. The number of carbonyl (C=O) groups excluding carboxylic acids is 1. The topological polar surface area (TPSA) is 105 Å². The van der Waals surface area contributed by atoms with Crippen LogP contribution in [0.3, 0.4) is 0 Å². The number of nitrogens with zero attached hydrogens (tertiary/aromatic N) is 5. The first kappa shape index (κ1) is 28.0. The number of likely N-dealkylation sites (N-methyl/N-ethyl adjacent to an activating group) is 2. The van der Waals surface area contributed by atoms with Crippen molar-refractivity contribution in [2.45, 2.75) is 6.61 Å². The zero-order chi connectivity index (χ0) is 25.7. The third-order valence-electron chi connectivity index (χ3n) is 5.23. The van der Waals surface area contributed by atoms with Crippen molar-refractivity contribution in [3.63, 3.8) is 0 Å². The summed E-state index contributed by atoms with van der Waals surface area (Å²) in [5, 5.41) is 18.1. The van der Waals surface area contributed by atoms with E-state index < -0.39 is 0 Å². The van der Waals surface area contributed by atoms with Gasteiger partial charge < -0.3 is 19.7 Å². The molecular formula is C25H23Cl3N6O3. The Balaban J connectivity index is 0.00000380. The molecule has 2 heterocycles. The summed E-state index contributed by atoms with van der Waals surface area (Å²) >= 11 is 12.4. The van der Waals surface area contributed by atoms with Crippen LogP contribution in [0.1, 0.15) is 11.3 Å². The number of aromatic nitrogens is 3. The highest BCUT2D eigenvalue weighted by atomic mass is 35.5. The largest absolute Gasteiger partial charge is 0.487 e. The van der Waals surface area contributed by atoms with Crippen LogP contribution >= 0.6 is 35.6 Å². The number of pyridine rings is 1. The number of ether oxygens (including phenoxy) is 2. The molecule has 192 valence electrons. The lowest BCUT2D eigenvalue weighted by atomic mass is 10.2.